The second-order valence-electron chi connectivity index (χ2n) is 8.91. The lowest BCUT2D eigenvalue weighted by atomic mass is 9.91. The van der Waals surface area contributed by atoms with E-state index in [1.54, 1.807) is 5.38 Å². The van der Waals surface area contributed by atoms with Crippen LogP contribution in [0.15, 0.2) is 33.9 Å². The number of oxime groups is 1. The number of carboxylic acid groups (broad SMARTS) is 1. The molecule has 2 aliphatic heterocycles. The Hall–Kier alpha value is -3.36. The van der Waals surface area contributed by atoms with Crippen molar-refractivity contribution >= 4 is 68.6 Å². The minimum atomic E-state index is -1.20. The second-order valence-corrected chi connectivity index (χ2v) is 12.1. The Labute approximate surface area is 237 Å². The first kappa shape index (κ1) is 28.6. The number of hydrogen-bond donors (Lipinski definition) is 3. The summed E-state index contributed by atoms with van der Waals surface area (Å²) in [5.74, 6) is -1.50. The highest BCUT2D eigenvalue weighted by Gasteiger charge is 2.54. The van der Waals surface area contributed by atoms with E-state index in [0.717, 1.165) is 33.6 Å². The van der Waals surface area contributed by atoms with Crippen LogP contribution in [-0.2, 0) is 36.2 Å². The van der Waals surface area contributed by atoms with Crippen molar-refractivity contribution in [2.45, 2.75) is 44.4 Å². The SMILES string of the molecule is CO/N=C(/C(=O)N[C@@H]1C(=O)N2C(C(=O)O)=C(Cc3c(C)ccc(CSC(C)=O)c3C)CS[C@H]12)c1csc(N)n1. The Balaban J connectivity index is 1.56. The zero-order chi connectivity index (χ0) is 28.4. The number of hydrogen-bond acceptors (Lipinski definition) is 11. The number of thioether (sulfide) groups is 2. The van der Waals surface area contributed by atoms with Gasteiger partial charge in [0, 0.05) is 23.8 Å². The number of rotatable bonds is 9. The normalized spacial score (nSPS) is 18.9. The highest BCUT2D eigenvalue weighted by Crippen LogP contribution is 2.41. The fraction of sp³-hybridized carbons (Fsp3) is 0.360. The number of carbonyl (C=O) groups excluding carboxylic acids is 3. The maximum Gasteiger partial charge on any atom is 0.352 e. The fourth-order valence-corrected chi connectivity index (χ4v) is 7.05. The van der Waals surface area contributed by atoms with Gasteiger partial charge in [-0.25, -0.2) is 9.78 Å². The second kappa shape index (κ2) is 11.8. The molecule has 206 valence electrons. The Kier molecular flexibility index (Phi) is 8.67. The van der Waals surface area contributed by atoms with Gasteiger partial charge in [0.2, 0.25) is 0 Å². The number of carboxylic acids is 1. The summed E-state index contributed by atoms with van der Waals surface area (Å²) in [6.45, 7) is 5.45. The number of nitrogens with zero attached hydrogens (tertiary/aromatic N) is 3. The van der Waals surface area contributed by atoms with Crippen molar-refractivity contribution in [3.05, 3.63) is 56.7 Å². The van der Waals surface area contributed by atoms with E-state index in [4.69, 9.17) is 10.6 Å². The Bertz CT molecular complexity index is 1420. The number of nitrogens with two attached hydrogens (primary N) is 1. The molecule has 1 aromatic heterocycles. The number of fused-ring (bicyclic) bond motifs is 1. The van der Waals surface area contributed by atoms with Crippen LogP contribution in [0.5, 0.6) is 0 Å². The summed E-state index contributed by atoms with van der Waals surface area (Å²) in [6.07, 6.45) is 0.355. The molecule has 39 heavy (non-hydrogen) atoms. The average Bonchev–Trinajstić information content (AvgIpc) is 3.32. The molecule has 2 atom stereocenters. The van der Waals surface area contributed by atoms with Crippen molar-refractivity contribution in [3.63, 3.8) is 0 Å². The van der Waals surface area contributed by atoms with Crippen molar-refractivity contribution in [1.82, 2.24) is 15.2 Å². The van der Waals surface area contributed by atoms with Gasteiger partial charge in [-0.2, -0.15) is 0 Å². The molecule has 4 rings (SSSR count). The third-order valence-electron chi connectivity index (χ3n) is 6.46. The number of aromatic nitrogens is 1. The molecule has 1 saturated heterocycles. The summed E-state index contributed by atoms with van der Waals surface area (Å²) < 4.78 is 0. The molecule has 2 aliphatic rings. The lowest BCUT2D eigenvalue weighted by Gasteiger charge is -2.49. The number of benzene rings is 1. The van der Waals surface area contributed by atoms with Gasteiger partial charge >= 0.3 is 5.97 Å². The molecule has 1 fully saturated rings. The van der Waals surface area contributed by atoms with Crippen molar-refractivity contribution in [1.29, 1.82) is 0 Å². The first-order valence-corrected chi connectivity index (χ1v) is 14.7. The van der Waals surface area contributed by atoms with Gasteiger partial charge < -0.3 is 21.0 Å². The van der Waals surface area contributed by atoms with Crippen molar-refractivity contribution < 1.29 is 29.1 Å². The quantitative estimate of drug-likeness (QED) is 0.225. The molecular weight excluding hydrogens is 563 g/mol. The zero-order valence-corrected chi connectivity index (χ0v) is 24.1. The average molecular weight is 590 g/mol. The van der Waals surface area contributed by atoms with Gasteiger partial charge in [0.05, 0.1) is 0 Å². The van der Waals surface area contributed by atoms with Gasteiger partial charge in [-0.15, -0.1) is 23.1 Å². The predicted octanol–water partition coefficient (Wildman–Crippen LogP) is 2.45. The lowest BCUT2D eigenvalue weighted by molar-refractivity contribution is -0.150. The summed E-state index contributed by atoms with van der Waals surface area (Å²) in [4.78, 5) is 60.0. The summed E-state index contributed by atoms with van der Waals surface area (Å²) in [5, 5.41) is 17.7. The fourth-order valence-electron chi connectivity index (χ4n) is 4.48. The number of nitrogen functional groups attached to an aromatic ring is 1. The van der Waals surface area contributed by atoms with Gasteiger partial charge in [0.1, 0.15) is 29.9 Å². The van der Waals surface area contributed by atoms with E-state index >= 15 is 0 Å². The van der Waals surface area contributed by atoms with Crippen molar-refractivity contribution in [3.8, 4) is 0 Å². The third-order valence-corrected chi connectivity index (χ3v) is 9.34. The number of aliphatic carboxylic acids is 1. The van der Waals surface area contributed by atoms with Crippen LogP contribution in [0.1, 0.15) is 34.9 Å². The molecule has 1 aromatic carbocycles. The molecule has 0 saturated carbocycles. The maximum absolute atomic E-state index is 13.2. The Morgan fingerprint density at radius 1 is 1.33 bits per heavy atom. The molecule has 2 amide bonds. The number of amides is 2. The molecule has 14 heteroatoms. The van der Waals surface area contributed by atoms with Gasteiger partial charge in [-0.05, 0) is 48.1 Å². The first-order valence-electron chi connectivity index (χ1n) is 11.8. The van der Waals surface area contributed by atoms with E-state index < -0.39 is 29.2 Å². The van der Waals surface area contributed by atoms with Crippen LogP contribution < -0.4 is 11.1 Å². The minimum Gasteiger partial charge on any atom is -0.477 e. The van der Waals surface area contributed by atoms with E-state index in [2.05, 4.69) is 15.5 Å². The molecule has 3 heterocycles. The lowest BCUT2D eigenvalue weighted by Crippen LogP contribution is -2.71. The molecule has 0 spiro atoms. The van der Waals surface area contributed by atoms with Crippen molar-refractivity contribution in [2.24, 2.45) is 5.16 Å². The summed E-state index contributed by atoms with van der Waals surface area (Å²) in [6, 6.07) is 3.01. The predicted molar refractivity (Wildman–Crippen MR) is 151 cm³/mol. The number of thiazole rings is 1. The third kappa shape index (κ3) is 5.82. The summed E-state index contributed by atoms with van der Waals surface area (Å²) in [5.41, 5.74) is 10.3. The Morgan fingerprint density at radius 3 is 2.69 bits per heavy atom. The largest absolute Gasteiger partial charge is 0.477 e. The molecule has 2 aromatic rings. The van der Waals surface area contributed by atoms with Crippen molar-refractivity contribution in [2.75, 3.05) is 18.6 Å². The van der Waals surface area contributed by atoms with E-state index in [1.807, 2.05) is 26.0 Å². The van der Waals surface area contributed by atoms with Crippen LogP contribution in [0.4, 0.5) is 5.13 Å². The molecular formula is C25H27N5O6S3. The first-order chi connectivity index (χ1) is 18.5. The number of aryl methyl sites for hydroxylation is 1. The molecule has 0 bridgehead atoms. The Morgan fingerprint density at radius 2 is 2.08 bits per heavy atom. The standard InChI is InChI=1S/C25H27N5O6S3/c1-11-5-6-14(8-37-13(3)31)12(2)16(11)7-15-9-38-23-19(22(33)30(23)20(15)24(34)35)28-21(32)18(29-36-4)17-10-39-25(26)27-17/h5-6,10,19,23H,7-9H2,1-4H3,(H2,26,27)(H,28,32)(H,34,35)/b29-18+/t19-,23-/m1/s1. The monoisotopic (exact) mass is 589 g/mol. The number of carbonyl (C=O) groups is 4. The van der Waals surface area contributed by atoms with Crippen LogP contribution in [0, 0.1) is 13.8 Å². The van der Waals surface area contributed by atoms with E-state index in [9.17, 15) is 24.3 Å². The molecule has 4 N–H and O–H groups in total. The highest BCUT2D eigenvalue weighted by atomic mass is 32.2. The summed E-state index contributed by atoms with van der Waals surface area (Å²) in [7, 11) is 1.28. The smallest absolute Gasteiger partial charge is 0.352 e. The number of β-lactam (4-membered cyclic amide) rings is 1. The van der Waals surface area contributed by atoms with Gasteiger partial charge in [0.25, 0.3) is 11.8 Å². The van der Waals surface area contributed by atoms with Gasteiger partial charge in [0.15, 0.2) is 16.0 Å². The molecule has 0 aliphatic carbocycles. The van der Waals surface area contributed by atoms with Crippen LogP contribution in [0.2, 0.25) is 0 Å². The molecule has 11 nitrogen and oxygen atoms in total. The van der Waals surface area contributed by atoms with Gasteiger partial charge in [-0.1, -0.05) is 29.1 Å². The molecule has 0 unspecified atom stereocenters. The number of anilines is 1. The maximum atomic E-state index is 13.2. The van der Waals surface area contributed by atoms with Crippen LogP contribution in [-0.4, -0.2) is 67.9 Å². The zero-order valence-electron chi connectivity index (χ0n) is 21.6. The topological polar surface area (TPSA) is 164 Å². The molecule has 0 radical (unpaired) electrons. The number of nitrogens with one attached hydrogen (secondary N) is 1. The van der Waals surface area contributed by atoms with E-state index in [-0.39, 0.29) is 27.3 Å². The van der Waals surface area contributed by atoms with Gasteiger partial charge in [-0.3, -0.25) is 19.3 Å². The van der Waals surface area contributed by atoms with E-state index in [0.29, 0.717) is 23.5 Å². The summed E-state index contributed by atoms with van der Waals surface area (Å²) >= 11 is 3.74. The highest BCUT2D eigenvalue weighted by molar-refractivity contribution is 8.12. The minimum absolute atomic E-state index is 0.0244. The van der Waals surface area contributed by atoms with Crippen LogP contribution >= 0.6 is 34.9 Å². The van der Waals surface area contributed by atoms with E-state index in [1.165, 1.54) is 42.5 Å². The van der Waals surface area contributed by atoms with Crippen LogP contribution in [0.25, 0.3) is 0 Å². The van der Waals surface area contributed by atoms with Crippen LogP contribution in [0.3, 0.4) is 0 Å².